The van der Waals surface area contributed by atoms with Gasteiger partial charge in [0.15, 0.2) is 0 Å². The first-order valence-corrected chi connectivity index (χ1v) is 8.39. The summed E-state index contributed by atoms with van der Waals surface area (Å²) in [5, 5.41) is 0. The second kappa shape index (κ2) is 7.99. The topological polar surface area (TPSA) is 33.2 Å². The van der Waals surface area contributed by atoms with Gasteiger partial charge < -0.3 is 4.90 Å². The molecule has 0 aliphatic carbocycles. The van der Waals surface area contributed by atoms with Crippen LogP contribution in [0.2, 0.25) is 0 Å². The Morgan fingerprint density at radius 2 is 2.05 bits per heavy atom. The van der Waals surface area contributed by atoms with Crippen molar-refractivity contribution in [2.75, 3.05) is 19.3 Å². The molecule has 0 atom stereocenters. The Hall–Kier alpha value is -1.81. The standard InChI is InChI=1S/C18H22N2OS/c1-14-7-8-15(2)17(12-14)22-13-18(21)20(3)11-9-16-6-4-5-10-19-16/h4-8,10,12H,9,11,13H2,1-3H3. The zero-order valence-electron chi connectivity index (χ0n) is 13.4. The molecule has 2 rings (SSSR count). The van der Waals surface area contributed by atoms with Gasteiger partial charge in [-0.15, -0.1) is 11.8 Å². The Labute approximate surface area is 136 Å². The summed E-state index contributed by atoms with van der Waals surface area (Å²) in [5.74, 6) is 0.630. The molecule has 0 saturated carbocycles. The third-order valence-corrected chi connectivity index (χ3v) is 4.69. The second-order valence-corrected chi connectivity index (χ2v) is 6.46. The third kappa shape index (κ3) is 4.88. The van der Waals surface area contributed by atoms with Gasteiger partial charge >= 0.3 is 0 Å². The Kier molecular flexibility index (Phi) is 6.01. The highest BCUT2D eigenvalue weighted by Gasteiger charge is 2.10. The van der Waals surface area contributed by atoms with Crippen molar-refractivity contribution in [1.29, 1.82) is 0 Å². The summed E-state index contributed by atoms with van der Waals surface area (Å²) in [6.07, 6.45) is 2.57. The van der Waals surface area contributed by atoms with Crippen LogP contribution in [0.3, 0.4) is 0 Å². The van der Waals surface area contributed by atoms with E-state index in [0.29, 0.717) is 12.3 Å². The lowest BCUT2D eigenvalue weighted by atomic mass is 10.2. The van der Waals surface area contributed by atoms with Crippen LogP contribution in [0.5, 0.6) is 0 Å². The molecule has 1 aromatic carbocycles. The Bertz CT molecular complexity index is 628. The minimum absolute atomic E-state index is 0.154. The number of aryl methyl sites for hydroxylation is 2. The number of likely N-dealkylation sites (N-methyl/N-ethyl adjacent to an activating group) is 1. The van der Waals surface area contributed by atoms with E-state index in [1.54, 1.807) is 22.9 Å². The molecule has 0 bridgehead atoms. The Morgan fingerprint density at radius 3 is 2.77 bits per heavy atom. The van der Waals surface area contributed by atoms with Gasteiger partial charge in [-0.2, -0.15) is 0 Å². The quantitative estimate of drug-likeness (QED) is 0.765. The van der Waals surface area contributed by atoms with Gasteiger partial charge in [0, 0.05) is 36.8 Å². The molecular weight excluding hydrogens is 292 g/mol. The Morgan fingerprint density at radius 1 is 1.23 bits per heavy atom. The van der Waals surface area contributed by atoms with Crippen LogP contribution in [0.25, 0.3) is 0 Å². The molecule has 0 fully saturated rings. The van der Waals surface area contributed by atoms with Gasteiger partial charge in [0.1, 0.15) is 0 Å². The van der Waals surface area contributed by atoms with Gasteiger partial charge in [-0.3, -0.25) is 9.78 Å². The molecule has 0 aliphatic rings. The van der Waals surface area contributed by atoms with E-state index in [2.05, 4.69) is 37.0 Å². The number of carbonyl (C=O) groups excluding carboxylic acids is 1. The molecule has 1 aromatic heterocycles. The minimum Gasteiger partial charge on any atom is -0.345 e. The fraction of sp³-hybridized carbons (Fsp3) is 0.333. The van der Waals surface area contributed by atoms with E-state index < -0.39 is 0 Å². The van der Waals surface area contributed by atoms with Gasteiger partial charge in [0.2, 0.25) is 5.91 Å². The van der Waals surface area contributed by atoms with Crippen LogP contribution >= 0.6 is 11.8 Å². The molecule has 0 radical (unpaired) electrons. The number of benzene rings is 1. The van der Waals surface area contributed by atoms with Gasteiger partial charge in [0.05, 0.1) is 5.75 Å². The Balaban J connectivity index is 1.82. The summed E-state index contributed by atoms with van der Waals surface area (Å²) in [6, 6.07) is 12.2. The second-order valence-electron chi connectivity index (χ2n) is 5.44. The van der Waals surface area contributed by atoms with Crippen molar-refractivity contribution < 1.29 is 4.79 Å². The van der Waals surface area contributed by atoms with Crippen LogP contribution in [0.4, 0.5) is 0 Å². The van der Waals surface area contributed by atoms with Crippen LogP contribution in [0.1, 0.15) is 16.8 Å². The van der Waals surface area contributed by atoms with E-state index in [-0.39, 0.29) is 5.91 Å². The molecule has 1 heterocycles. The van der Waals surface area contributed by atoms with Crippen molar-refractivity contribution in [1.82, 2.24) is 9.88 Å². The van der Waals surface area contributed by atoms with Crippen LogP contribution in [0, 0.1) is 13.8 Å². The van der Waals surface area contributed by atoms with E-state index >= 15 is 0 Å². The summed E-state index contributed by atoms with van der Waals surface area (Å²) < 4.78 is 0. The molecule has 0 saturated heterocycles. The first-order valence-electron chi connectivity index (χ1n) is 7.40. The number of hydrogen-bond donors (Lipinski definition) is 0. The number of carbonyl (C=O) groups is 1. The van der Waals surface area contributed by atoms with Crippen molar-refractivity contribution >= 4 is 17.7 Å². The maximum Gasteiger partial charge on any atom is 0.232 e. The molecule has 2 aromatic rings. The van der Waals surface area contributed by atoms with E-state index in [0.717, 1.165) is 12.1 Å². The highest BCUT2D eigenvalue weighted by Crippen LogP contribution is 2.23. The summed E-state index contributed by atoms with van der Waals surface area (Å²) >= 11 is 1.61. The summed E-state index contributed by atoms with van der Waals surface area (Å²) in [5.41, 5.74) is 3.47. The maximum atomic E-state index is 12.2. The molecular formula is C18H22N2OS. The average Bonchev–Trinajstić information content (AvgIpc) is 2.54. The first kappa shape index (κ1) is 16.6. The lowest BCUT2D eigenvalue weighted by Crippen LogP contribution is -2.30. The predicted octanol–water partition coefficient (Wildman–Crippen LogP) is 3.49. The average molecular weight is 314 g/mol. The van der Waals surface area contributed by atoms with Crippen LogP contribution in [-0.2, 0) is 11.2 Å². The molecule has 116 valence electrons. The van der Waals surface area contributed by atoms with Gasteiger partial charge in [-0.25, -0.2) is 0 Å². The highest BCUT2D eigenvalue weighted by molar-refractivity contribution is 8.00. The predicted molar refractivity (Wildman–Crippen MR) is 92.2 cm³/mol. The normalized spacial score (nSPS) is 10.5. The molecule has 0 spiro atoms. The van der Waals surface area contributed by atoms with Crippen LogP contribution in [-0.4, -0.2) is 35.1 Å². The van der Waals surface area contributed by atoms with E-state index in [9.17, 15) is 4.79 Å². The van der Waals surface area contributed by atoms with Crippen molar-refractivity contribution in [3.8, 4) is 0 Å². The molecule has 1 amide bonds. The SMILES string of the molecule is Cc1ccc(C)c(SCC(=O)N(C)CCc2ccccn2)c1. The number of aromatic nitrogens is 1. The van der Waals surface area contributed by atoms with E-state index in [1.807, 2.05) is 25.2 Å². The fourth-order valence-corrected chi connectivity index (χ4v) is 3.13. The van der Waals surface area contributed by atoms with Crippen LogP contribution < -0.4 is 0 Å². The molecule has 4 heteroatoms. The van der Waals surface area contributed by atoms with E-state index in [4.69, 9.17) is 0 Å². The number of thioether (sulfide) groups is 1. The molecule has 3 nitrogen and oxygen atoms in total. The van der Waals surface area contributed by atoms with E-state index in [1.165, 1.54) is 16.0 Å². The van der Waals surface area contributed by atoms with Gasteiger partial charge in [-0.1, -0.05) is 23.8 Å². The first-order chi connectivity index (χ1) is 10.6. The number of amides is 1. The smallest absolute Gasteiger partial charge is 0.232 e. The lowest BCUT2D eigenvalue weighted by Gasteiger charge is -2.17. The molecule has 0 N–H and O–H groups in total. The third-order valence-electron chi connectivity index (χ3n) is 3.55. The maximum absolute atomic E-state index is 12.2. The van der Waals surface area contributed by atoms with Crippen molar-refractivity contribution in [2.24, 2.45) is 0 Å². The summed E-state index contributed by atoms with van der Waals surface area (Å²) in [7, 11) is 1.86. The number of nitrogens with zero attached hydrogens (tertiary/aromatic N) is 2. The fourth-order valence-electron chi connectivity index (χ4n) is 2.07. The zero-order valence-corrected chi connectivity index (χ0v) is 14.2. The number of hydrogen-bond acceptors (Lipinski definition) is 3. The minimum atomic E-state index is 0.154. The molecule has 0 aliphatic heterocycles. The monoisotopic (exact) mass is 314 g/mol. The highest BCUT2D eigenvalue weighted by atomic mass is 32.2. The number of rotatable bonds is 6. The van der Waals surface area contributed by atoms with Crippen molar-refractivity contribution in [3.05, 3.63) is 59.4 Å². The van der Waals surface area contributed by atoms with Crippen molar-refractivity contribution in [3.63, 3.8) is 0 Å². The van der Waals surface area contributed by atoms with Gasteiger partial charge in [0.25, 0.3) is 0 Å². The molecule has 0 unspecified atom stereocenters. The molecule has 22 heavy (non-hydrogen) atoms. The largest absolute Gasteiger partial charge is 0.345 e. The van der Waals surface area contributed by atoms with Crippen molar-refractivity contribution in [2.45, 2.75) is 25.2 Å². The number of pyridine rings is 1. The summed E-state index contributed by atoms with van der Waals surface area (Å²) in [4.78, 5) is 19.5. The van der Waals surface area contributed by atoms with Gasteiger partial charge in [-0.05, 0) is 37.6 Å². The van der Waals surface area contributed by atoms with Crippen LogP contribution in [0.15, 0.2) is 47.5 Å². The zero-order chi connectivity index (χ0) is 15.9. The lowest BCUT2D eigenvalue weighted by molar-refractivity contribution is -0.127. The summed E-state index contributed by atoms with van der Waals surface area (Å²) in [6.45, 7) is 4.85.